The standard InChI is InChI=1S/C2H8N4.HI/c1-5-2(3)6-4;/h4H2,1H3,(H3,3,5,6);1H. The SMILES string of the molecule is CNC(=N)NN.I. The Morgan fingerprint density at radius 1 is 1.71 bits per heavy atom. The van der Waals surface area contributed by atoms with E-state index >= 15 is 0 Å². The minimum absolute atomic E-state index is 0. The van der Waals surface area contributed by atoms with E-state index in [4.69, 9.17) is 11.3 Å². The first-order valence-corrected chi connectivity index (χ1v) is 1.54. The second-order valence-electron chi connectivity index (χ2n) is 0.769. The molecule has 0 spiro atoms. The molecule has 0 rings (SSSR count). The first kappa shape index (κ1) is 10.0. The Kier molecular flexibility index (Phi) is 8.56. The average Bonchev–Trinajstić information content (AvgIpc) is 1.65. The van der Waals surface area contributed by atoms with Crippen LogP contribution in [-0.2, 0) is 0 Å². The number of rotatable bonds is 0. The predicted octanol–water partition coefficient (Wildman–Crippen LogP) is -0.778. The van der Waals surface area contributed by atoms with Gasteiger partial charge >= 0.3 is 0 Å². The second-order valence-corrected chi connectivity index (χ2v) is 0.769. The lowest BCUT2D eigenvalue weighted by Gasteiger charge is -1.95. The van der Waals surface area contributed by atoms with Crippen LogP contribution in [0.2, 0.25) is 0 Å². The molecule has 44 valence electrons. The summed E-state index contributed by atoms with van der Waals surface area (Å²) in [5.41, 5.74) is 2.09. The molecule has 0 aromatic rings. The van der Waals surface area contributed by atoms with Crippen LogP contribution in [0.3, 0.4) is 0 Å². The lowest BCUT2D eigenvalue weighted by molar-refractivity contribution is 0.931. The molecule has 0 aliphatic heterocycles. The van der Waals surface area contributed by atoms with Crippen LogP contribution in [0, 0.1) is 5.41 Å². The molecule has 0 aliphatic carbocycles. The zero-order valence-electron chi connectivity index (χ0n) is 3.99. The third kappa shape index (κ3) is 5.96. The van der Waals surface area contributed by atoms with Crippen LogP contribution < -0.4 is 16.6 Å². The minimum Gasteiger partial charge on any atom is -0.359 e. The number of guanidine groups is 1. The van der Waals surface area contributed by atoms with Crippen molar-refractivity contribution in [3.8, 4) is 0 Å². The molecule has 4 nitrogen and oxygen atoms in total. The summed E-state index contributed by atoms with van der Waals surface area (Å²) >= 11 is 0. The number of nitrogens with one attached hydrogen (secondary N) is 3. The average molecular weight is 216 g/mol. The Morgan fingerprint density at radius 3 is 2.14 bits per heavy atom. The molecule has 0 aromatic carbocycles. The van der Waals surface area contributed by atoms with Gasteiger partial charge in [0.15, 0.2) is 0 Å². The Balaban J connectivity index is 0. The van der Waals surface area contributed by atoms with E-state index in [-0.39, 0.29) is 29.9 Å². The Bertz CT molecular complexity index is 47.7. The topological polar surface area (TPSA) is 73.9 Å². The van der Waals surface area contributed by atoms with Crippen molar-refractivity contribution in [1.29, 1.82) is 5.41 Å². The number of hydrogen-bond acceptors (Lipinski definition) is 2. The van der Waals surface area contributed by atoms with Crippen LogP contribution in [0.1, 0.15) is 0 Å². The van der Waals surface area contributed by atoms with Gasteiger partial charge in [-0.15, -0.1) is 24.0 Å². The second kappa shape index (κ2) is 5.96. The monoisotopic (exact) mass is 216 g/mol. The lowest BCUT2D eigenvalue weighted by atomic mass is 11.0. The molecule has 7 heavy (non-hydrogen) atoms. The molecular weight excluding hydrogens is 207 g/mol. The summed E-state index contributed by atoms with van der Waals surface area (Å²) < 4.78 is 0. The zero-order chi connectivity index (χ0) is 4.99. The van der Waals surface area contributed by atoms with E-state index < -0.39 is 0 Å². The molecule has 0 unspecified atom stereocenters. The predicted molar refractivity (Wildman–Crippen MR) is 39.5 cm³/mol. The van der Waals surface area contributed by atoms with E-state index in [9.17, 15) is 0 Å². The summed E-state index contributed by atoms with van der Waals surface area (Å²) in [6.07, 6.45) is 0. The fraction of sp³-hybridized carbons (Fsp3) is 0.500. The highest BCUT2D eigenvalue weighted by molar-refractivity contribution is 14.0. The van der Waals surface area contributed by atoms with Crippen LogP contribution in [0.25, 0.3) is 0 Å². The molecule has 0 amide bonds. The molecule has 0 saturated carbocycles. The van der Waals surface area contributed by atoms with Crippen LogP contribution in [0.5, 0.6) is 0 Å². The van der Waals surface area contributed by atoms with Crippen LogP contribution in [0.15, 0.2) is 0 Å². The van der Waals surface area contributed by atoms with Crippen LogP contribution >= 0.6 is 24.0 Å². The van der Waals surface area contributed by atoms with Crippen molar-refractivity contribution < 1.29 is 0 Å². The van der Waals surface area contributed by atoms with E-state index in [2.05, 4.69) is 10.7 Å². The Morgan fingerprint density at radius 2 is 2.14 bits per heavy atom. The highest BCUT2D eigenvalue weighted by atomic mass is 127. The summed E-state index contributed by atoms with van der Waals surface area (Å²) in [5, 5.41) is 9.10. The molecule has 0 fully saturated rings. The van der Waals surface area contributed by atoms with Crippen molar-refractivity contribution in [1.82, 2.24) is 10.7 Å². The highest BCUT2D eigenvalue weighted by Crippen LogP contribution is 1.39. The maximum absolute atomic E-state index is 6.64. The Hall–Kier alpha value is -0.0400. The number of hydrogen-bond donors (Lipinski definition) is 4. The molecule has 5 heteroatoms. The van der Waals surface area contributed by atoms with Crippen molar-refractivity contribution in [2.75, 3.05) is 7.05 Å². The number of nitrogens with two attached hydrogens (primary N) is 1. The summed E-state index contributed by atoms with van der Waals surface area (Å²) in [6.45, 7) is 0. The molecule has 0 saturated heterocycles. The third-order valence-corrected chi connectivity index (χ3v) is 0.394. The summed E-state index contributed by atoms with van der Waals surface area (Å²) in [5.74, 6) is 4.87. The highest BCUT2D eigenvalue weighted by Gasteiger charge is 1.75. The summed E-state index contributed by atoms with van der Waals surface area (Å²) in [6, 6.07) is 0. The van der Waals surface area contributed by atoms with Gasteiger partial charge in [0.1, 0.15) is 0 Å². The molecule has 0 aromatic heterocycles. The van der Waals surface area contributed by atoms with Crippen molar-refractivity contribution >= 4 is 29.9 Å². The van der Waals surface area contributed by atoms with Gasteiger partial charge in [-0.2, -0.15) is 0 Å². The Labute approximate surface area is 59.3 Å². The van der Waals surface area contributed by atoms with Gasteiger partial charge in [0.2, 0.25) is 5.96 Å². The molecule has 5 N–H and O–H groups in total. The first-order valence-electron chi connectivity index (χ1n) is 1.54. The van der Waals surface area contributed by atoms with E-state index in [1.54, 1.807) is 7.05 Å². The maximum Gasteiger partial charge on any atom is 0.202 e. The van der Waals surface area contributed by atoms with Crippen molar-refractivity contribution in [3.63, 3.8) is 0 Å². The van der Waals surface area contributed by atoms with Crippen LogP contribution in [-0.4, -0.2) is 13.0 Å². The van der Waals surface area contributed by atoms with Gasteiger partial charge in [-0.05, 0) is 0 Å². The van der Waals surface area contributed by atoms with Gasteiger partial charge in [0.25, 0.3) is 0 Å². The van der Waals surface area contributed by atoms with E-state index in [1.807, 2.05) is 0 Å². The van der Waals surface area contributed by atoms with Gasteiger partial charge in [0.05, 0.1) is 0 Å². The maximum atomic E-state index is 6.64. The molecule has 0 aliphatic rings. The van der Waals surface area contributed by atoms with E-state index in [0.29, 0.717) is 0 Å². The van der Waals surface area contributed by atoms with Crippen molar-refractivity contribution in [2.24, 2.45) is 5.84 Å². The van der Waals surface area contributed by atoms with Gasteiger partial charge in [0, 0.05) is 7.05 Å². The molecular formula is C2H9IN4. The van der Waals surface area contributed by atoms with Gasteiger partial charge in [-0.3, -0.25) is 10.8 Å². The van der Waals surface area contributed by atoms with E-state index in [0.717, 1.165) is 0 Å². The summed E-state index contributed by atoms with van der Waals surface area (Å²) in [4.78, 5) is 0. The van der Waals surface area contributed by atoms with Crippen molar-refractivity contribution in [3.05, 3.63) is 0 Å². The largest absolute Gasteiger partial charge is 0.359 e. The number of hydrazine groups is 1. The van der Waals surface area contributed by atoms with Crippen molar-refractivity contribution in [2.45, 2.75) is 0 Å². The lowest BCUT2D eigenvalue weighted by Crippen LogP contribution is -2.38. The summed E-state index contributed by atoms with van der Waals surface area (Å²) in [7, 11) is 1.61. The molecule has 0 atom stereocenters. The van der Waals surface area contributed by atoms with Crippen LogP contribution in [0.4, 0.5) is 0 Å². The molecule has 0 bridgehead atoms. The van der Waals surface area contributed by atoms with Gasteiger partial charge in [-0.25, -0.2) is 5.84 Å². The molecule has 0 radical (unpaired) electrons. The minimum atomic E-state index is 0. The zero-order valence-corrected chi connectivity index (χ0v) is 6.32. The van der Waals surface area contributed by atoms with E-state index in [1.165, 1.54) is 0 Å². The van der Waals surface area contributed by atoms with Gasteiger partial charge < -0.3 is 5.32 Å². The first-order chi connectivity index (χ1) is 2.81. The third-order valence-electron chi connectivity index (χ3n) is 0.394. The quantitative estimate of drug-likeness (QED) is 0.141. The molecule has 0 heterocycles. The van der Waals surface area contributed by atoms with Gasteiger partial charge in [-0.1, -0.05) is 0 Å². The number of halogens is 1. The normalized spacial score (nSPS) is 6.00. The smallest absolute Gasteiger partial charge is 0.202 e. The fourth-order valence-electron chi connectivity index (χ4n) is 0.0722. The fourth-order valence-corrected chi connectivity index (χ4v) is 0.0722.